The van der Waals surface area contributed by atoms with E-state index in [9.17, 15) is 0 Å². The average Bonchev–Trinajstić information content (AvgIpc) is 2.73. The number of likely N-dealkylation sites (tertiary alicyclic amines) is 1. The lowest BCUT2D eigenvalue weighted by molar-refractivity contribution is 0.264. The summed E-state index contributed by atoms with van der Waals surface area (Å²) < 4.78 is 0. The molecule has 4 nitrogen and oxygen atoms in total. The van der Waals surface area contributed by atoms with Gasteiger partial charge in [-0.3, -0.25) is 0 Å². The van der Waals surface area contributed by atoms with Crippen LogP contribution in [0.2, 0.25) is 5.15 Å². The molecule has 0 radical (unpaired) electrons. The highest BCUT2D eigenvalue weighted by Crippen LogP contribution is 2.50. The van der Waals surface area contributed by atoms with E-state index >= 15 is 0 Å². The molecule has 1 aromatic rings. The van der Waals surface area contributed by atoms with Crippen molar-refractivity contribution < 1.29 is 0 Å². The highest BCUT2D eigenvalue weighted by Gasteiger charge is 2.40. The summed E-state index contributed by atoms with van der Waals surface area (Å²) in [7, 11) is 2.18. The molecule has 0 aromatic carbocycles. The quantitative estimate of drug-likeness (QED) is 0.869. The van der Waals surface area contributed by atoms with E-state index in [0.29, 0.717) is 22.3 Å². The van der Waals surface area contributed by atoms with Crippen LogP contribution in [0.5, 0.6) is 0 Å². The van der Waals surface area contributed by atoms with E-state index in [-0.39, 0.29) is 0 Å². The van der Waals surface area contributed by atoms with Gasteiger partial charge in [-0.15, -0.1) is 11.8 Å². The van der Waals surface area contributed by atoms with Gasteiger partial charge < -0.3 is 10.2 Å². The number of hydrogen-bond donors (Lipinski definition) is 1. The van der Waals surface area contributed by atoms with Crippen LogP contribution < -0.4 is 5.32 Å². The SMILES string of the molecule is CCCNc1nc(Cl)c2c(n1)SC1CN(C)CCC21. The fraction of sp³-hybridized carbons (Fsp3) is 0.692. The van der Waals surface area contributed by atoms with Gasteiger partial charge in [-0.25, -0.2) is 9.97 Å². The fourth-order valence-electron chi connectivity index (χ4n) is 2.80. The summed E-state index contributed by atoms with van der Waals surface area (Å²) >= 11 is 8.26. The molecule has 2 unspecified atom stereocenters. The van der Waals surface area contributed by atoms with Gasteiger partial charge in [-0.05, 0) is 26.4 Å². The Morgan fingerprint density at radius 1 is 1.47 bits per heavy atom. The molecule has 3 heterocycles. The fourth-order valence-corrected chi connectivity index (χ4v) is 4.74. The molecule has 19 heavy (non-hydrogen) atoms. The Kier molecular flexibility index (Phi) is 3.87. The van der Waals surface area contributed by atoms with Crippen molar-refractivity contribution in [2.24, 2.45) is 0 Å². The number of anilines is 1. The van der Waals surface area contributed by atoms with E-state index in [2.05, 4.69) is 34.2 Å². The summed E-state index contributed by atoms with van der Waals surface area (Å²) in [5.41, 5.74) is 1.19. The monoisotopic (exact) mass is 298 g/mol. The maximum Gasteiger partial charge on any atom is 0.225 e. The molecule has 0 bridgehead atoms. The zero-order chi connectivity index (χ0) is 13.4. The number of halogens is 1. The number of fused-ring (bicyclic) bond motifs is 3. The van der Waals surface area contributed by atoms with Gasteiger partial charge in [0.05, 0.1) is 0 Å². The van der Waals surface area contributed by atoms with Crippen LogP contribution in [0.1, 0.15) is 31.2 Å². The van der Waals surface area contributed by atoms with E-state index in [0.717, 1.165) is 37.5 Å². The summed E-state index contributed by atoms with van der Waals surface area (Å²) in [4.78, 5) is 11.4. The number of nitrogens with zero attached hydrogens (tertiary/aromatic N) is 3. The lowest BCUT2D eigenvalue weighted by Gasteiger charge is -2.31. The Morgan fingerprint density at radius 2 is 2.32 bits per heavy atom. The molecule has 0 saturated carbocycles. The van der Waals surface area contributed by atoms with E-state index in [1.54, 1.807) is 0 Å². The van der Waals surface area contributed by atoms with Gasteiger partial charge in [-0.2, -0.15) is 0 Å². The molecule has 1 N–H and O–H groups in total. The van der Waals surface area contributed by atoms with E-state index in [4.69, 9.17) is 11.6 Å². The first-order valence-corrected chi connectivity index (χ1v) is 8.11. The molecule has 2 aliphatic rings. The molecule has 0 amide bonds. The standard InChI is InChI=1S/C13H19ClN4S/c1-3-5-15-13-16-11(14)10-8-4-6-18(2)7-9(8)19-12(10)17-13/h8-9H,3-7H2,1-2H3,(H,15,16,17). The van der Waals surface area contributed by atoms with E-state index in [1.165, 1.54) is 5.56 Å². The number of nitrogens with one attached hydrogen (secondary N) is 1. The van der Waals surface area contributed by atoms with Gasteiger partial charge >= 0.3 is 0 Å². The number of thioether (sulfide) groups is 1. The van der Waals surface area contributed by atoms with Gasteiger partial charge in [0.1, 0.15) is 10.2 Å². The first-order chi connectivity index (χ1) is 9.19. The molecule has 2 atom stereocenters. The number of hydrogen-bond acceptors (Lipinski definition) is 5. The first-order valence-electron chi connectivity index (χ1n) is 6.85. The maximum absolute atomic E-state index is 6.39. The lowest BCUT2D eigenvalue weighted by Crippen LogP contribution is -2.36. The zero-order valence-electron chi connectivity index (χ0n) is 11.3. The lowest BCUT2D eigenvalue weighted by atomic mass is 9.91. The Morgan fingerprint density at radius 3 is 3.11 bits per heavy atom. The van der Waals surface area contributed by atoms with Crippen LogP contribution in [0.3, 0.4) is 0 Å². The van der Waals surface area contributed by atoms with Crippen LogP contribution >= 0.6 is 23.4 Å². The van der Waals surface area contributed by atoms with E-state index in [1.807, 2.05) is 11.8 Å². The minimum atomic E-state index is 0.531. The predicted molar refractivity (Wildman–Crippen MR) is 80.3 cm³/mol. The molecule has 2 aliphatic heterocycles. The summed E-state index contributed by atoms with van der Waals surface area (Å²) in [6, 6.07) is 0. The molecule has 1 saturated heterocycles. The van der Waals surface area contributed by atoms with Crippen LogP contribution in [0, 0.1) is 0 Å². The zero-order valence-corrected chi connectivity index (χ0v) is 12.9. The first kappa shape index (κ1) is 13.5. The summed E-state index contributed by atoms with van der Waals surface area (Å²) in [6.45, 7) is 5.25. The Labute approximate surface area is 123 Å². The predicted octanol–water partition coefficient (Wildman–Crippen LogP) is 2.85. The molecule has 1 aromatic heterocycles. The highest BCUT2D eigenvalue weighted by molar-refractivity contribution is 8.00. The molecular weight excluding hydrogens is 280 g/mol. The summed E-state index contributed by atoms with van der Waals surface area (Å²) in [5.74, 6) is 1.20. The Balaban J connectivity index is 1.87. The van der Waals surface area contributed by atoms with Gasteiger partial charge in [0, 0.05) is 29.8 Å². The third kappa shape index (κ3) is 2.56. The second kappa shape index (κ2) is 5.46. The Bertz CT molecular complexity index is 482. The van der Waals surface area contributed by atoms with Crippen LogP contribution in [-0.2, 0) is 0 Å². The number of piperidine rings is 1. The molecule has 3 rings (SSSR count). The molecule has 0 aliphatic carbocycles. The summed E-state index contributed by atoms with van der Waals surface area (Å²) in [5, 5.41) is 5.54. The maximum atomic E-state index is 6.39. The molecule has 6 heteroatoms. The van der Waals surface area contributed by atoms with Crippen LogP contribution in [0.25, 0.3) is 0 Å². The van der Waals surface area contributed by atoms with Crippen molar-refractivity contribution >= 4 is 29.3 Å². The molecule has 104 valence electrons. The number of aromatic nitrogens is 2. The van der Waals surface area contributed by atoms with Crippen LogP contribution in [0.4, 0.5) is 5.95 Å². The van der Waals surface area contributed by atoms with Crippen molar-refractivity contribution in [2.75, 3.05) is 32.0 Å². The molecule has 0 spiro atoms. The van der Waals surface area contributed by atoms with Crippen molar-refractivity contribution in [3.8, 4) is 0 Å². The third-order valence-corrected chi connectivity index (χ3v) is 5.40. The normalized spacial score (nSPS) is 26.1. The van der Waals surface area contributed by atoms with Crippen LogP contribution in [-0.4, -0.2) is 46.8 Å². The molecule has 1 fully saturated rings. The van der Waals surface area contributed by atoms with Crippen molar-refractivity contribution in [1.29, 1.82) is 0 Å². The summed E-state index contributed by atoms with van der Waals surface area (Å²) in [6.07, 6.45) is 2.22. The van der Waals surface area contributed by atoms with Crippen LogP contribution in [0.15, 0.2) is 5.03 Å². The average molecular weight is 299 g/mol. The minimum absolute atomic E-state index is 0.531. The topological polar surface area (TPSA) is 41.1 Å². The molecular formula is C13H19ClN4S. The Hall–Kier alpha value is -0.520. The van der Waals surface area contributed by atoms with Crippen molar-refractivity contribution in [1.82, 2.24) is 14.9 Å². The minimum Gasteiger partial charge on any atom is -0.354 e. The van der Waals surface area contributed by atoms with Crippen molar-refractivity contribution in [2.45, 2.75) is 36.0 Å². The van der Waals surface area contributed by atoms with Gasteiger partial charge in [0.25, 0.3) is 0 Å². The number of rotatable bonds is 3. The smallest absolute Gasteiger partial charge is 0.225 e. The van der Waals surface area contributed by atoms with Crippen molar-refractivity contribution in [3.05, 3.63) is 10.7 Å². The van der Waals surface area contributed by atoms with Crippen molar-refractivity contribution in [3.63, 3.8) is 0 Å². The highest BCUT2D eigenvalue weighted by atomic mass is 35.5. The second-order valence-electron chi connectivity index (χ2n) is 5.30. The third-order valence-electron chi connectivity index (χ3n) is 3.79. The second-order valence-corrected chi connectivity index (χ2v) is 6.88. The van der Waals surface area contributed by atoms with Gasteiger partial charge in [0.15, 0.2) is 0 Å². The van der Waals surface area contributed by atoms with Gasteiger partial charge in [0.2, 0.25) is 5.95 Å². The largest absolute Gasteiger partial charge is 0.354 e. The van der Waals surface area contributed by atoms with E-state index < -0.39 is 0 Å². The van der Waals surface area contributed by atoms with Gasteiger partial charge in [-0.1, -0.05) is 18.5 Å².